The summed E-state index contributed by atoms with van der Waals surface area (Å²) in [5.41, 5.74) is 0.785. The summed E-state index contributed by atoms with van der Waals surface area (Å²) in [6.07, 6.45) is 2.67. The smallest absolute Gasteiger partial charge is 0.329 e. The second kappa shape index (κ2) is 14.1. The molecule has 0 spiro atoms. The quantitative estimate of drug-likeness (QED) is 0.244. The van der Waals surface area contributed by atoms with Gasteiger partial charge >= 0.3 is 5.97 Å². The van der Waals surface area contributed by atoms with Crippen molar-refractivity contribution in [2.45, 2.75) is 66.0 Å². The van der Waals surface area contributed by atoms with E-state index in [2.05, 4.69) is 10.3 Å². The van der Waals surface area contributed by atoms with Crippen molar-refractivity contribution < 1.29 is 19.1 Å². The summed E-state index contributed by atoms with van der Waals surface area (Å²) in [4.78, 5) is 40.8. The Hall–Kier alpha value is -3.66. The van der Waals surface area contributed by atoms with Gasteiger partial charge in [0.25, 0.3) is 5.91 Å². The molecular weight excluding hydrogens is 526 g/mol. The van der Waals surface area contributed by atoms with E-state index in [4.69, 9.17) is 14.5 Å². The van der Waals surface area contributed by atoms with E-state index in [1.165, 1.54) is 11.3 Å². The van der Waals surface area contributed by atoms with Crippen molar-refractivity contribution in [2.24, 2.45) is 0 Å². The molecule has 1 unspecified atom stereocenters. The van der Waals surface area contributed by atoms with E-state index < -0.39 is 17.6 Å². The lowest BCUT2D eigenvalue weighted by Crippen LogP contribution is -2.40. The summed E-state index contributed by atoms with van der Waals surface area (Å²) < 4.78 is 11.2. The highest BCUT2D eigenvalue weighted by Crippen LogP contribution is 2.29. The number of methoxy groups -OCH3 is 1. The van der Waals surface area contributed by atoms with Gasteiger partial charge in [-0.3, -0.25) is 4.79 Å². The Morgan fingerprint density at radius 1 is 1.05 bits per heavy atom. The molecule has 0 fully saturated rings. The molecule has 0 bridgehead atoms. The van der Waals surface area contributed by atoms with Crippen LogP contribution in [0.25, 0.3) is 0 Å². The Bertz CT molecular complexity index is 1240. The topological polar surface area (TPSA) is 96.9 Å². The van der Waals surface area contributed by atoms with Gasteiger partial charge in [-0.1, -0.05) is 25.1 Å². The third kappa shape index (κ3) is 7.71. The zero-order valence-electron chi connectivity index (χ0n) is 24.6. The first kappa shape index (κ1) is 30.9. The number of carbonyl (C=O) groups excluding carboxylic acids is 2. The highest BCUT2D eigenvalue weighted by molar-refractivity contribution is 7.12. The Kier molecular flexibility index (Phi) is 10.9. The summed E-state index contributed by atoms with van der Waals surface area (Å²) in [6.45, 7) is 13.5. The van der Waals surface area contributed by atoms with Crippen LogP contribution in [0.5, 0.6) is 5.75 Å². The molecule has 1 amide bonds. The maximum atomic E-state index is 13.6. The summed E-state index contributed by atoms with van der Waals surface area (Å²) in [6, 6.07) is 10.4. The van der Waals surface area contributed by atoms with Crippen molar-refractivity contribution in [3.05, 3.63) is 58.4 Å². The molecule has 1 aromatic carbocycles. The number of anilines is 3. The van der Waals surface area contributed by atoms with Crippen LogP contribution in [-0.4, -0.2) is 60.2 Å². The molecule has 1 N–H and O–H groups in total. The Morgan fingerprint density at radius 2 is 1.75 bits per heavy atom. The molecule has 0 saturated carbocycles. The van der Waals surface area contributed by atoms with E-state index in [1.54, 1.807) is 24.3 Å². The number of aromatic nitrogens is 2. The van der Waals surface area contributed by atoms with Crippen LogP contribution in [0.15, 0.2) is 48.0 Å². The SMILES string of the molecule is CCN(CC)c1ncc(N(CC)C(=O)c2cccs2)c(NC(Cc2ccc(OC)cc2)C(=O)OC(C)(C)CC)n1. The number of hydrogen-bond acceptors (Lipinski definition) is 9. The number of amides is 1. The minimum Gasteiger partial charge on any atom is -0.497 e. The molecule has 216 valence electrons. The maximum absolute atomic E-state index is 13.6. The number of carbonyl (C=O) groups is 2. The van der Waals surface area contributed by atoms with Gasteiger partial charge in [0.1, 0.15) is 23.1 Å². The predicted molar refractivity (Wildman–Crippen MR) is 162 cm³/mol. The number of nitrogens with zero attached hydrogens (tertiary/aromatic N) is 4. The van der Waals surface area contributed by atoms with Crippen LogP contribution in [0.3, 0.4) is 0 Å². The van der Waals surface area contributed by atoms with E-state index in [9.17, 15) is 9.59 Å². The van der Waals surface area contributed by atoms with E-state index in [0.29, 0.717) is 54.8 Å². The van der Waals surface area contributed by atoms with Gasteiger partial charge in [0.05, 0.1) is 18.2 Å². The Balaban J connectivity index is 2.07. The van der Waals surface area contributed by atoms with E-state index in [-0.39, 0.29) is 5.91 Å². The van der Waals surface area contributed by atoms with Gasteiger partial charge in [0, 0.05) is 26.1 Å². The zero-order valence-corrected chi connectivity index (χ0v) is 25.4. The van der Waals surface area contributed by atoms with Crippen LogP contribution in [0.1, 0.15) is 63.2 Å². The number of ether oxygens (including phenoxy) is 2. The molecule has 3 aromatic rings. The number of rotatable bonds is 14. The van der Waals surface area contributed by atoms with E-state index >= 15 is 0 Å². The fourth-order valence-electron chi connectivity index (χ4n) is 4.06. The minimum absolute atomic E-state index is 0.152. The molecule has 2 aromatic heterocycles. The summed E-state index contributed by atoms with van der Waals surface area (Å²) in [5, 5.41) is 5.23. The average molecular weight is 568 g/mol. The number of benzene rings is 1. The molecule has 0 aliphatic heterocycles. The predicted octanol–water partition coefficient (Wildman–Crippen LogP) is 5.81. The summed E-state index contributed by atoms with van der Waals surface area (Å²) in [5.74, 6) is 1.09. The van der Waals surface area contributed by atoms with Crippen LogP contribution >= 0.6 is 11.3 Å². The molecule has 1 atom stereocenters. The second-order valence-electron chi connectivity index (χ2n) is 9.89. The van der Waals surface area contributed by atoms with Crippen molar-refractivity contribution in [2.75, 3.05) is 41.9 Å². The monoisotopic (exact) mass is 567 g/mol. The molecule has 40 heavy (non-hydrogen) atoms. The largest absolute Gasteiger partial charge is 0.497 e. The molecule has 3 rings (SSSR count). The first-order valence-electron chi connectivity index (χ1n) is 13.8. The van der Waals surface area contributed by atoms with Gasteiger partial charge in [-0.05, 0) is 70.2 Å². The lowest BCUT2D eigenvalue weighted by atomic mass is 10.0. The summed E-state index contributed by atoms with van der Waals surface area (Å²) >= 11 is 1.38. The van der Waals surface area contributed by atoms with Crippen molar-refractivity contribution in [3.8, 4) is 5.75 Å². The zero-order chi connectivity index (χ0) is 29.3. The third-order valence-corrected chi connectivity index (χ3v) is 7.67. The van der Waals surface area contributed by atoms with Gasteiger partial charge in [0.15, 0.2) is 5.82 Å². The molecule has 2 heterocycles. The van der Waals surface area contributed by atoms with E-state index in [1.807, 2.05) is 82.2 Å². The molecule has 10 heteroatoms. The maximum Gasteiger partial charge on any atom is 0.329 e. The molecule has 9 nitrogen and oxygen atoms in total. The van der Waals surface area contributed by atoms with Gasteiger partial charge < -0.3 is 24.6 Å². The number of hydrogen-bond donors (Lipinski definition) is 1. The minimum atomic E-state index is -0.770. The lowest BCUT2D eigenvalue weighted by molar-refractivity contribution is -0.157. The second-order valence-corrected chi connectivity index (χ2v) is 10.8. The normalized spacial score (nSPS) is 12.0. The number of thiophene rings is 1. The highest BCUT2D eigenvalue weighted by atomic mass is 32.1. The van der Waals surface area contributed by atoms with Crippen LogP contribution in [0.2, 0.25) is 0 Å². The molecule has 0 aliphatic carbocycles. The average Bonchev–Trinajstić information content (AvgIpc) is 3.50. The standard InChI is InChI=1S/C30H41N5O4S/c1-8-30(5,6)39-28(37)23(19-21-14-16-22(38-7)17-15-21)32-26-24(20-31-29(33-26)34(9-2)10-3)35(11-4)27(36)25-13-12-18-40-25/h12-18,20,23H,8-11,19H2,1-7H3,(H,31,32,33). The van der Waals surface area contributed by atoms with Crippen LogP contribution in [0, 0.1) is 0 Å². The fraction of sp³-hybridized carbons (Fsp3) is 0.467. The molecule has 0 aliphatic rings. The Labute approximate surface area is 241 Å². The van der Waals surface area contributed by atoms with Gasteiger partial charge in [-0.2, -0.15) is 4.98 Å². The fourth-order valence-corrected chi connectivity index (χ4v) is 4.73. The molecule has 0 radical (unpaired) electrons. The van der Waals surface area contributed by atoms with Crippen molar-refractivity contribution >= 4 is 40.7 Å². The van der Waals surface area contributed by atoms with E-state index in [0.717, 1.165) is 11.3 Å². The van der Waals surface area contributed by atoms with Crippen LogP contribution in [-0.2, 0) is 16.0 Å². The summed E-state index contributed by atoms with van der Waals surface area (Å²) in [7, 11) is 1.62. The van der Waals surface area contributed by atoms with Crippen LogP contribution in [0.4, 0.5) is 17.5 Å². The van der Waals surface area contributed by atoms with Crippen molar-refractivity contribution in [3.63, 3.8) is 0 Å². The van der Waals surface area contributed by atoms with Crippen LogP contribution < -0.4 is 19.9 Å². The lowest BCUT2D eigenvalue weighted by Gasteiger charge is -2.29. The van der Waals surface area contributed by atoms with Gasteiger partial charge in [-0.15, -0.1) is 11.3 Å². The number of nitrogens with one attached hydrogen (secondary N) is 1. The molecule has 0 saturated heterocycles. The highest BCUT2D eigenvalue weighted by Gasteiger charge is 2.30. The van der Waals surface area contributed by atoms with Crippen molar-refractivity contribution in [1.82, 2.24) is 9.97 Å². The van der Waals surface area contributed by atoms with Gasteiger partial charge in [-0.25, -0.2) is 9.78 Å². The van der Waals surface area contributed by atoms with Crippen molar-refractivity contribution in [1.29, 1.82) is 0 Å². The van der Waals surface area contributed by atoms with Gasteiger partial charge in [0.2, 0.25) is 5.95 Å². The third-order valence-electron chi connectivity index (χ3n) is 6.81. The number of esters is 1. The Morgan fingerprint density at radius 3 is 2.30 bits per heavy atom. The first-order valence-corrected chi connectivity index (χ1v) is 14.6. The first-order chi connectivity index (χ1) is 19.2. The molecular formula is C30H41N5O4S.